The molecule has 2 aromatic rings. The first-order chi connectivity index (χ1) is 7.25. The van der Waals surface area contributed by atoms with E-state index in [9.17, 15) is 4.79 Å². The van der Waals surface area contributed by atoms with Gasteiger partial charge in [0.2, 0.25) is 0 Å². The molecule has 0 unspecified atom stereocenters. The van der Waals surface area contributed by atoms with Crippen molar-refractivity contribution >= 4 is 5.97 Å². The molecule has 0 aromatic carbocycles. The quantitative estimate of drug-likeness (QED) is 0.782. The summed E-state index contributed by atoms with van der Waals surface area (Å²) in [4.78, 5) is 21.4. The highest BCUT2D eigenvalue weighted by Gasteiger charge is 2.05. The van der Waals surface area contributed by atoms with Gasteiger partial charge in [0, 0.05) is 24.2 Å². The lowest BCUT2D eigenvalue weighted by Crippen LogP contribution is -2.04. The summed E-state index contributed by atoms with van der Waals surface area (Å²) < 4.78 is 0. The summed E-state index contributed by atoms with van der Waals surface area (Å²) in [6.07, 6.45) is 4.99. The summed E-state index contributed by atoms with van der Waals surface area (Å²) in [7, 11) is 0. The normalized spacial score (nSPS) is 10.1. The van der Waals surface area contributed by atoms with Crippen LogP contribution < -0.4 is 0 Å². The molecule has 2 heterocycles. The van der Waals surface area contributed by atoms with Crippen LogP contribution in [0.15, 0.2) is 30.7 Å². The number of nitrogens with one attached hydrogen (secondary N) is 1. The summed E-state index contributed by atoms with van der Waals surface area (Å²) in [6.45, 7) is 0. The molecule has 0 saturated carbocycles. The van der Waals surface area contributed by atoms with Crippen molar-refractivity contribution in [2.45, 2.75) is 6.42 Å². The topological polar surface area (TPSA) is 78.9 Å². The van der Waals surface area contributed by atoms with E-state index in [2.05, 4.69) is 15.0 Å². The van der Waals surface area contributed by atoms with Gasteiger partial charge in [-0.3, -0.25) is 4.79 Å². The van der Waals surface area contributed by atoms with E-state index in [-0.39, 0.29) is 6.42 Å². The summed E-state index contributed by atoms with van der Waals surface area (Å²) in [5.74, 6) is -0.609. The summed E-state index contributed by atoms with van der Waals surface area (Å²) >= 11 is 0. The first-order valence-electron chi connectivity index (χ1n) is 4.42. The Morgan fingerprint density at radius 3 is 3.00 bits per heavy atom. The van der Waals surface area contributed by atoms with Gasteiger partial charge in [-0.15, -0.1) is 0 Å². The Morgan fingerprint density at radius 2 is 2.33 bits per heavy atom. The molecular formula is C10H9N3O2. The van der Waals surface area contributed by atoms with Gasteiger partial charge in [-0.1, -0.05) is 0 Å². The molecule has 76 valence electrons. The Kier molecular flexibility index (Phi) is 2.45. The Labute approximate surface area is 85.8 Å². The predicted octanol–water partition coefficient (Wildman–Crippen LogP) is 1.10. The van der Waals surface area contributed by atoms with Gasteiger partial charge < -0.3 is 10.1 Å². The number of carboxylic acids is 1. The second-order valence-corrected chi connectivity index (χ2v) is 3.03. The van der Waals surface area contributed by atoms with Gasteiger partial charge in [0.05, 0.1) is 5.69 Å². The molecule has 15 heavy (non-hydrogen) atoms. The number of aromatic amines is 1. The molecule has 2 rings (SSSR count). The van der Waals surface area contributed by atoms with Crippen LogP contribution in [0.25, 0.3) is 11.3 Å². The minimum absolute atomic E-state index is 0.155. The first kappa shape index (κ1) is 9.39. The van der Waals surface area contributed by atoms with Crippen molar-refractivity contribution in [3.8, 4) is 11.3 Å². The number of H-pyrrole nitrogens is 1. The zero-order chi connectivity index (χ0) is 10.7. The van der Waals surface area contributed by atoms with Crippen molar-refractivity contribution in [3.63, 3.8) is 0 Å². The fourth-order valence-corrected chi connectivity index (χ4v) is 1.26. The van der Waals surface area contributed by atoms with E-state index in [1.165, 1.54) is 0 Å². The molecule has 0 bridgehead atoms. The molecule has 0 radical (unpaired) electrons. The van der Waals surface area contributed by atoms with E-state index in [1.54, 1.807) is 24.7 Å². The SMILES string of the molecule is O=C(O)Cc1nccc(-c2cc[nH]c2)n1. The highest BCUT2D eigenvalue weighted by molar-refractivity contribution is 5.69. The maximum absolute atomic E-state index is 10.5. The number of hydrogen-bond donors (Lipinski definition) is 2. The van der Waals surface area contributed by atoms with Crippen LogP contribution >= 0.6 is 0 Å². The number of carbonyl (C=O) groups is 1. The van der Waals surface area contributed by atoms with Crippen LogP contribution in [0.2, 0.25) is 0 Å². The highest BCUT2D eigenvalue weighted by Crippen LogP contribution is 2.14. The Bertz CT molecular complexity index is 465. The van der Waals surface area contributed by atoms with E-state index in [4.69, 9.17) is 5.11 Å². The van der Waals surface area contributed by atoms with Crippen molar-refractivity contribution in [1.29, 1.82) is 0 Å². The van der Waals surface area contributed by atoms with E-state index < -0.39 is 5.97 Å². The van der Waals surface area contributed by atoms with Gasteiger partial charge >= 0.3 is 5.97 Å². The van der Waals surface area contributed by atoms with E-state index in [1.807, 2.05) is 6.07 Å². The number of aromatic nitrogens is 3. The fraction of sp³-hybridized carbons (Fsp3) is 0.100. The lowest BCUT2D eigenvalue weighted by atomic mass is 10.2. The molecule has 0 spiro atoms. The standard InChI is InChI=1S/C10H9N3O2/c14-10(15)5-9-12-4-2-8(13-9)7-1-3-11-6-7/h1-4,6,11H,5H2,(H,14,15). The number of hydrogen-bond acceptors (Lipinski definition) is 3. The van der Waals surface area contributed by atoms with Crippen LogP contribution in [0.3, 0.4) is 0 Å². The Hall–Kier alpha value is -2.17. The van der Waals surface area contributed by atoms with E-state index in [0.29, 0.717) is 5.82 Å². The highest BCUT2D eigenvalue weighted by atomic mass is 16.4. The molecule has 5 nitrogen and oxygen atoms in total. The van der Waals surface area contributed by atoms with Gasteiger partial charge in [-0.2, -0.15) is 0 Å². The monoisotopic (exact) mass is 203 g/mol. The van der Waals surface area contributed by atoms with Crippen LogP contribution in [-0.4, -0.2) is 26.0 Å². The lowest BCUT2D eigenvalue weighted by molar-refractivity contribution is -0.136. The van der Waals surface area contributed by atoms with Crippen LogP contribution in [0.4, 0.5) is 0 Å². The molecule has 0 amide bonds. The molecule has 0 fully saturated rings. The zero-order valence-corrected chi connectivity index (χ0v) is 7.84. The average Bonchev–Trinajstić information content (AvgIpc) is 2.69. The van der Waals surface area contributed by atoms with Gasteiger partial charge in [-0.25, -0.2) is 9.97 Å². The number of nitrogens with zero attached hydrogens (tertiary/aromatic N) is 2. The summed E-state index contributed by atoms with van der Waals surface area (Å²) in [5, 5.41) is 8.60. The number of aliphatic carboxylic acids is 1. The molecule has 0 aliphatic heterocycles. The first-order valence-corrected chi connectivity index (χ1v) is 4.42. The molecule has 0 atom stereocenters. The zero-order valence-electron chi connectivity index (χ0n) is 7.84. The molecule has 2 N–H and O–H groups in total. The van der Waals surface area contributed by atoms with Crippen LogP contribution in [0, 0.1) is 0 Å². The maximum atomic E-state index is 10.5. The van der Waals surface area contributed by atoms with Gasteiger partial charge in [0.1, 0.15) is 12.2 Å². The molecule has 5 heteroatoms. The van der Waals surface area contributed by atoms with E-state index in [0.717, 1.165) is 11.3 Å². The molecule has 2 aromatic heterocycles. The fourth-order valence-electron chi connectivity index (χ4n) is 1.26. The molecule has 0 aliphatic rings. The van der Waals surface area contributed by atoms with Gasteiger partial charge in [-0.05, 0) is 12.1 Å². The third-order valence-electron chi connectivity index (χ3n) is 1.91. The second kappa shape index (κ2) is 3.91. The van der Waals surface area contributed by atoms with Crippen molar-refractivity contribution in [3.05, 3.63) is 36.5 Å². The van der Waals surface area contributed by atoms with Crippen LogP contribution in [0.1, 0.15) is 5.82 Å². The maximum Gasteiger partial charge on any atom is 0.311 e. The number of carboxylic acid groups (broad SMARTS) is 1. The van der Waals surface area contributed by atoms with Crippen molar-refractivity contribution in [2.75, 3.05) is 0 Å². The third-order valence-corrected chi connectivity index (χ3v) is 1.91. The molecule has 0 aliphatic carbocycles. The lowest BCUT2D eigenvalue weighted by Gasteiger charge is -1.99. The predicted molar refractivity (Wildman–Crippen MR) is 53.2 cm³/mol. The summed E-state index contributed by atoms with van der Waals surface area (Å²) in [6, 6.07) is 3.61. The Morgan fingerprint density at radius 1 is 1.47 bits per heavy atom. The van der Waals surface area contributed by atoms with Gasteiger partial charge in [0.25, 0.3) is 0 Å². The smallest absolute Gasteiger partial charge is 0.311 e. The summed E-state index contributed by atoms with van der Waals surface area (Å²) in [5.41, 5.74) is 1.64. The van der Waals surface area contributed by atoms with E-state index >= 15 is 0 Å². The largest absolute Gasteiger partial charge is 0.481 e. The Balaban J connectivity index is 2.31. The van der Waals surface area contributed by atoms with Crippen LogP contribution in [-0.2, 0) is 11.2 Å². The molecular weight excluding hydrogens is 194 g/mol. The van der Waals surface area contributed by atoms with Gasteiger partial charge in [0.15, 0.2) is 0 Å². The van der Waals surface area contributed by atoms with Crippen molar-refractivity contribution in [2.24, 2.45) is 0 Å². The van der Waals surface area contributed by atoms with Crippen LogP contribution in [0.5, 0.6) is 0 Å². The minimum atomic E-state index is -0.929. The van der Waals surface area contributed by atoms with Crippen molar-refractivity contribution < 1.29 is 9.90 Å². The third kappa shape index (κ3) is 2.19. The molecule has 0 saturated heterocycles. The second-order valence-electron chi connectivity index (χ2n) is 3.03. The number of rotatable bonds is 3. The average molecular weight is 203 g/mol. The minimum Gasteiger partial charge on any atom is -0.481 e. The van der Waals surface area contributed by atoms with Crippen molar-refractivity contribution in [1.82, 2.24) is 15.0 Å².